The van der Waals surface area contributed by atoms with Crippen molar-refractivity contribution < 1.29 is 9.18 Å². The standard InChI is InChI=1S/C17H25FN6O/c1-21-3-5-23(6-4-21)16(25)14-7-12-10-24(11-15(12)22(14)2)17-19-8-13(18)9-20-17/h8-9,12,14-15H,3-7,10-11H2,1-2H3/t12?,14-,15?/m1/s1. The Morgan fingerprint density at radius 1 is 1.12 bits per heavy atom. The summed E-state index contributed by atoms with van der Waals surface area (Å²) in [6.45, 7) is 5.16. The highest BCUT2D eigenvalue weighted by Gasteiger charge is 2.48. The van der Waals surface area contributed by atoms with Gasteiger partial charge in [-0.05, 0) is 26.4 Å². The lowest BCUT2D eigenvalue weighted by molar-refractivity contribution is -0.137. The number of piperazine rings is 1. The van der Waals surface area contributed by atoms with E-state index in [1.54, 1.807) is 0 Å². The molecule has 25 heavy (non-hydrogen) atoms. The number of hydrogen-bond donors (Lipinski definition) is 0. The van der Waals surface area contributed by atoms with Crippen LogP contribution in [0.2, 0.25) is 0 Å². The maximum absolute atomic E-state index is 13.0. The van der Waals surface area contributed by atoms with Crippen LogP contribution in [-0.4, -0.2) is 96.0 Å². The summed E-state index contributed by atoms with van der Waals surface area (Å²) in [6.07, 6.45) is 3.30. The molecule has 1 amide bonds. The lowest BCUT2D eigenvalue weighted by Gasteiger charge is -2.36. The average molecular weight is 348 g/mol. The molecule has 3 atom stereocenters. The monoisotopic (exact) mass is 348 g/mol. The van der Waals surface area contributed by atoms with E-state index in [9.17, 15) is 9.18 Å². The largest absolute Gasteiger partial charge is 0.339 e. The fraction of sp³-hybridized carbons (Fsp3) is 0.706. The van der Waals surface area contributed by atoms with Crippen LogP contribution in [0, 0.1) is 11.7 Å². The summed E-state index contributed by atoms with van der Waals surface area (Å²) >= 11 is 0. The lowest BCUT2D eigenvalue weighted by atomic mass is 10.0. The number of likely N-dealkylation sites (N-methyl/N-ethyl adjacent to an activating group) is 2. The second-order valence-electron chi connectivity index (χ2n) is 7.48. The summed E-state index contributed by atoms with van der Waals surface area (Å²) in [5, 5.41) is 0. The zero-order chi connectivity index (χ0) is 17.6. The minimum atomic E-state index is -0.418. The molecule has 7 nitrogen and oxygen atoms in total. The number of amides is 1. The summed E-state index contributed by atoms with van der Waals surface area (Å²) in [4.78, 5) is 29.7. The van der Waals surface area contributed by atoms with E-state index in [4.69, 9.17) is 0 Å². The van der Waals surface area contributed by atoms with Crippen LogP contribution in [0.15, 0.2) is 12.4 Å². The highest BCUT2D eigenvalue weighted by Crippen LogP contribution is 2.36. The van der Waals surface area contributed by atoms with Crippen LogP contribution in [0.5, 0.6) is 0 Å². The predicted molar refractivity (Wildman–Crippen MR) is 91.7 cm³/mol. The van der Waals surface area contributed by atoms with Gasteiger partial charge in [-0.25, -0.2) is 14.4 Å². The maximum Gasteiger partial charge on any atom is 0.240 e. The van der Waals surface area contributed by atoms with Crippen molar-refractivity contribution in [2.75, 3.05) is 58.3 Å². The van der Waals surface area contributed by atoms with Gasteiger partial charge in [0, 0.05) is 45.3 Å². The number of hydrogen-bond acceptors (Lipinski definition) is 6. The molecule has 0 aliphatic carbocycles. The van der Waals surface area contributed by atoms with E-state index < -0.39 is 5.82 Å². The van der Waals surface area contributed by atoms with E-state index in [1.165, 1.54) is 12.4 Å². The van der Waals surface area contributed by atoms with Crippen molar-refractivity contribution in [3.63, 3.8) is 0 Å². The molecular formula is C17H25FN6O. The minimum Gasteiger partial charge on any atom is -0.339 e. The molecule has 3 aliphatic rings. The van der Waals surface area contributed by atoms with Gasteiger partial charge >= 0.3 is 0 Å². The van der Waals surface area contributed by atoms with Crippen molar-refractivity contribution in [2.24, 2.45) is 5.92 Å². The first-order valence-electron chi connectivity index (χ1n) is 8.94. The lowest BCUT2D eigenvalue weighted by Crippen LogP contribution is -2.53. The van der Waals surface area contributed by atoms with Crippen molar-refractivity contribution in [2.45, 2.75) is 18.5 Å². The summed E-state index contributed by atoms with van der Waals surface area (Å²) in [6, 6.07) is 0.310. The Kier molecular flexibility index (Phi) is 4.33. The molecule has 0 radical (unpaired) electrons. The number of rotatable bonds is 2. The molecule has 0 aromatic carbocycles. The molecule has 3 saturated heterocycles. The Balaban J connectivity index is 1.39. The minimum absolute atomic E-state index is 0.0188. The molecule has 1 aromatic heterocycles. The molecule has 136 valence electrons. The third kappa shape index (κ3) is 3.08. The van der Waals surface area contributed by atoms with E-state index in [-0.39, 0.29) is 11.9 Å². The van der Waals surface area contributed by atoms with Crippen LogP contribution < -0.4 is 4.90 Å². The van der Waals surface area contributed by atoms with Gasteiger partial charge in [0.15, 0.2) is 5.82 Å². The Morgan fingerprint density at radius 3 is 2.44 bits per heavy atom. The van der Waals surface area contributed by atoms with Crippen LogP contribution >= 0.6 is 0 Å². The predicted octanol–water partition coefficient (Wildman–Crippen LogP) is -0.101. The number of aromatic nitrogens is 2. The number of likely N-dealkylation sites (tertiary alicyclic amines) is 1. The first-order chi connectivity index (χ1) is 12.0. The molecule has 0 bridgehead atoms. The number of carbonyl (C=O) groups excluding carboxylic acids is 1. The summed E-state index contributed by atoms with van der Waals surface area (Å²) in [7, 11) is 4.15. The zero-order valence-electron chi connectivity index (χ0n) is 14.8. The van der Waals surface area contributed by atoms with Gasteiger partial charge < -0.3 is 14.7 Å². The van der Waals surface area contributed by atoms with Crippen molar-refractivity contribution in [3.8, 4) is 0 Å². The first-order valence-corrected chi connectivity index (χ1v) is 8.94. The normalized spacial score (nSPS) is 30.8. The van der Waals surface area contributed by atoms with E-state index >= 15 is 0 Å². The van der Waals surface area contributed by atoms with Crippen LogP contribution in [0.3, 0.4) is 0 Å². The number of fused-ring (bicyclic) bond motifs is 1. The Morgan fingerprint density at radius 2 is 1.80 bits per heavy atom. The number of nitrogens with zero attached hydrogens (tertiary/aromatic N) is 6. The Labute approximate surface area is 147 Å². The number of carbonyl (C=O) groups is 1. The van der Waals surface area contributed by atoms with Crippen molar-refractivity contribution in [3.05, 3.63) is 18.2 Å². The summed E-state index contributed by atoms with van der Waals surface area (Å²) in [5.41, 5.74) is 0. The topological polar surface area (TPSA) is 55.8 Å². The van der Waals surface area contributed by atoms with Gasteiger partial charge in [0.2, 0.25) is 11.9 Å². The second kappa shape index (κ2) is 6.49. The molecular weight excluding hydrogens is 323 g/mol. The van der Waals surface area contributed by atoms with Crippen molar-refractivity contribution >= 4 is 11.9 Å². The molecule has 3 fully saturated rings. The van der Waals surface area contributed by atoms with E-state index in [0.29, 0.717) is 17.9 Å². The van der Waals surface area contributed by atoms with Crippen LogP contribution in [0.1, 0.15) is 6.42 Å². The molecule has 1 aromatic rings. The van der Waals surface area contributed by atoms with Crippen LogP contribution in [-0.2, 0) is 4.79 Å². The number of halogens is 1. The second-order valence-corrected chi connectivity index (χ2v) is 7.48. The SMILES string of the molecule is CN1CCN(C(=O)[C@H]2CC3CN(c4ncc(F)cn4)CC3N2C)CC1. The highest BCUT2D eigenvalue weighted by molar-refractivity contribution is 5.82. The fourth-order valence-corrected chi connectivity index (χ4v) is 4.38. The third-order valence-electron chi connectivity index (χ3n) is 5.94. The van der Waals surface area contributed by atoms with Gasteiger partial charge in [-0.1, -0.05) is 0 Å². The van der Waals surface area contributed by atoms with Crippen molar-refractivity contribution in [1.82, 2.24) is 24.7 Å². The maximum atomic E-state index is 13.0. The summed E-state index contributed by atoms with van der Waals surface area (Å²) < 4.78 is 13.0. The van der Waals surface area contributed by atoms with E-state index in [1.807, 2.05) is 4.90 Å². The van der Waals surface area contributed by atoms with Gasteiger partial charge in [0.05, 0.1) is 18.4 Å². The molecule has 0 spiro atoms. The Hall–Kier alpha value is -1.80. The highest BCUT2D eigenvalue weighted by atomic mass is 19.1. The molecule has 0 N–H and O–H groups in total. The molecule has 4 heterocycles. The first kappa shape index (κ1) is 16.7. The molecule has 8 heteroatoms. The third-order valence-corrected chi connectivity index (χ3v) is 5.94. The van der Waals surface area contributed by atoms with Crippen molar-refractivity contribution in [1.29, 1.82) is 0 Å². The quantitative estimate of drug-likeness (QED) is 0.744. The number of anilines is 1. The van der Waals surface area contributed by atoms with Gasteiger partial charge in [-0.15, -0.1) is 0 Å². The average Bonchev–Trinajstić information content (AvgIpc) is 3.15. The van der Waals surface area contributed by atoms with E-state index in [0.717, 1.165) is 45.7 Å². The molecule has 3 aliphatic heterocycles. The van der Waals surface area contributed by atoms with Crippen LogP contribution in [0.4, 0.5) is 10.3 Å². The summed E-state index contributed by atoms with van der Waals surface area (Å²) in [5.74, 6) is 0.860. The molecule has 4 rings (SSSR count). The zero-order valence-corrected chi connectivity index (χ0v) is 14.8. The van der Waals surface area contributed by atoms with Crippen LogP contribution in [0.25, 0.3) is 0 Å². The molecule has 2 unspecified atom stereocenters. The fourth-order valence-electron chi connectivity index (χ4n) is 4.38. The van der Waals surface area contributed by atoms with Gasteiger partial charge in [0.1, 0.15) is 0 Å². The van der Waals surface area contributed by atoms with Gasteiger partial charge in [0.25, 0.3) is 0 Å². The van der Waals surface area contributed by atoms with Gasteiger partial charge in [-0.2, -0.15) is 0 Å². The Bertz CT molecular complexity index is 633. The smallest absolute Gasteiger partial charge is 0.240 e. The molecule has 0 saturated carbocycles. The van der Waals surface area contributed by atoms with E-state index in [2.05, 4.69) is 38.8 Å². The van der Waals surface area contributed by atoms with Gasteiger partial charge in [-0.3, -0.25) is 9.69 Å².